The van der Waals surface area contributed by atoms with Gasteiger partial charge in [-0.15, -0.1) is 0 Å². The van der Waals surface area contributed by atoms with Gasteiger partial charge in [-0.2, -0.15) is 0 Å². The molecule has 0 fully saturated rings. The monoisotopic (exact) mass is 321 g/mol. The smallest absolute Gasteiger partial charge is 0.187 e. The predicted octanol–water partition coefficient (Wildman–Crippen LogP) is 3.21. The second-order valence-corrected chi connectivity index (χ2v) is 5.83. The molecule has 5 nitrogen and oxygen atoms in total. The highest BCUT2D eigenvalue weighted by molar-refractivity contribution is 5.95. The summed E-state index contributed by atoms with van der Waals surface area (Å²) in [5, 5.41) is 0.981. The number of nitrogens with zero attached hydrogens (tertiary/aromatic N) is 3. The minimum absolute atomic E-state index is 0.649. The molecular weight excluding hydrogens is 302 g/mol. The molecule has 0 radical (unpaired) electrons. The van der Waals surface area contributed by atoms with Gasteiger partial charge in [-0.3, -0.25) is 0 Å². The molecule has 2 aromatic carbocycles. The number of aromatic nitrogens is 2. The maximum atomic E-state index is 5.51. The van der Waals surface area contributed by atoms with Gasteiger partial charge in [0, 0.05) is 18.5 Å². The van der Waals surface area contributed by atoms with E-state index < -0.39 is 0 Å². The largest absolute Gasteiger partial charge is 0.493 e. The second-order valence-electron chi connectivity index (χ2n) is 5.83. The average Bonchev–Trinajstić information content (AvgIpc) is 2.66. The lowest BCUT2D eigenvalue weighted by Gasteiger charge is -2.30. The van der Waals surface area contributed by atoms with E-state index >= 15 is 0 Å². The molecule has 122 valence electrons. The highest BCUT2D eigenvalue weighted by Gasteiger charge is 2.21. The maximum Gasteiger partial charge on any atom is 0.187 e. The van der Waals surface area contributed by atoms with Crippen molar-refractivity contribution in [3.05, 3.63) is 53.9 Å². The van der Waals surface area contributed by atoms with Gasteiger partial charge in [0.15, 0.2) is 11.5 Å². The molecule has 0 N–H and O–H groups in total. The van der Waals surface area contributed by atoms with Crippen LogP contribution in [0.25, 0.3) is 10.9 Å². The Kier molecular flexibility index (Phi) is 3.69. The average molecular weight is 321 g/mol. The van der Waals surface area contributed by atoms with E-state index in [-0.39, 0.29) is 0 Å². The fourth-order valence-corrected chi connectivity index (χ4v) is 3.36. The fraction of sp³-hybridized carbons (Fsp3) is 0.263. The van der Waals surface area contributed by atoms with Crippen molar-refractivity contribution in [3.8, 4) is 11.5 Å². The van der Waals surface area contributed by atoms with E-state index in [0.717, 1.165) is 36.2 Å². The molecule has 3 aromatic rings. The number of fused-ring (bicyclic) bond motifs is 2. The van der Waals surface area contributed by atoms with Gasteiger partial charge in [0.2, 0.25) is 0 Å². The summed E-state index contributed by atoms with van der Waals surface area (Å²) in [6.45, 7) is 1.80. The zero-order chi connectivity index (χ0) is 16.5. The number of anilines is 1. The van der Waals surface area contributed by atoms with E-state index in [9.17, 15) is 0 Å². The Morgan fingerprint density at radius 3 is 2.58 bits per heavy atom. The number of benzene rings is 2. The third kappa shape index (κ3) is 2.33. The van der Waals surface area contributed by atoms with Crippen molar-refractivity contribution in [1.82, 2.24) is 9.97 Å². The van der Waals surface area contributed by atoms with Gasteiger partial charge in [-0.25, -0.2) is 9.97 Å². The van der Waals surface area contributed by atoms with Gasteiger partial charge < -0.3 is 14.4 Å². The van der Waals surface area contributed by atoms with Crippen molar-refractivity contribution in [2.75, 3.05) is 25.7 Å². The van der Waals surface area contributed by atoms with Crippen molar-refractivity contribution in [3.63, 3.8) is 0 Å². The maximum absolute atomic E-state index is 5.51. The van der Waals surface area contributed by atoms with E-state index in [2.05, 4.69) is 39.1 Å². The fourth-order valence-electron chi connectivity index (χ4n) is 3.36. The third-order valence-electron chi connectivity index (χ3n) is 4.56. The lowest BCUT2D eigenvalue weighted by atomic mass is 9.99. The van der Waals surface area contributed by atoms with E-state index in [4.69, 9.17) is 9.47 Å². The molecule has 0 aliphatic carbocycles. The molecule has 0 spiro atoms. The summed E-state index contributed by atoms with van der Waals surface area (Å²) in [5.74, 6) is 2.27. The first kappa shape index (κ1) is 14.8. The summed E-state index contributed by atoms with van der Waals surface area (Å²) in [6.07, 6.45) is 2.62. The topological polar surface area (TPSA) is 47.5 Å². The van der Waals surface area contributed by atoms with Crippen LogP contribution in [0.1, 0.15) is 11.1 Å². The number of hydrogen-bond donors (Lipinski definition) is 0. The van der Waals surface area contributed by atoms with Crippen LogP contribution < -0.4 is 14.4 Å². The molecule has 0 saturated carbocycles. The Labute approximate surface area is 140 Å². The first-order chi connectivity index (χ1) is 11.8. The van der Waals surface area contributed by atoms with Gasteiger partial charge in [0.1, 0.15) is 17.7 Å². The quantitative estimate of drug-likeness (QED) is 0.741. The van der Waals surface area contributed by atoms with E-state index in [0.29, 0.717) is 11.5 Å². The van der Waals surface area contributed by atoms with Crippen molar-refractivity contribution in [2.24, 2.45) is 0 Å². The van der Waals surface area contributed by atoms with Crippen molar-refractivity contribution >= 4 is 16.7 Å². The molecule has 1 aliphatic heterocycles. The van der Waals surface area contributed by atoms with E-state index in [1.807, 2.05) is 12.1 Å². The molecule has 4 rings (SSSR count). The normalized spacial score (nSPS) is 13.7. The Balaban J connectivity index is 1.81. The van der Waals surface area contributed by atoms with Crippen LogP contribution in [0.2, 0.25) is 0 Å². The zero-order valence-corrected chi connectivity index (χ0v) is 13.8. The molecule has 0 unspecified atom stereocenters. The molecule has 24 heavy (non-hydrogen) atoms. The van der Waals surface area contributed by atoms with E-state index in [1.165, 1.54) is 11.1 Å². The lowest BCUT2D eigenvalue weighted by Crippen LogP contribution is -2.31. The van der Waals surface area contributed by atoms with Crippen LogP contribution in [0, 0.1) is 0 Å². The number of ether oxygens (including phenoxy) is 2. The molecule has 0 atom stereocenters. The molecule has 1 aromatic heterocycles. The van der Waals surface area contributed by atoms with Crippen LogP contribution in [0.15, 0.2) is 42.7 Å². The van der Waals surface area contributed by atoms with Crippen LogP contribution in [0.3, 0.4) is 0 Å². The summed E-state index contributed by atoms with van der Waals surface area (Å²) in [7, 11) is 3.27. The first-order valence-electron chi connectivity index (χ1n) is 7.99. The SMILES string of the molecule is COc1ccc2c(N3CCc4ccccc4C3)ncnc2c1OC. The molecule has 1 aliphatic rings. The minimum atomic E-state index is 0.649. The van der Waals surface area contributed by atoms with Gasteiger partial charge in [0.05, 0.1) is 14.2 Å². The molecule has 5 heteroatoms. The Hall–Kier alpha value is -2.82. The standard InChI is InChI=1S/C19H19N3O2/c1-23-16-8-7-15-17(18(16)24-2)20-12-21-19(15)22-10-9-13-5-3-4-6-14(13)11-22/h3-8,12H,9-11H2,1-2H3. The number of hydrogen-bond acceptors (Lipinski definition) is 5. The van der Waals surface area contributed by atoms with Gasteiger partial charge in [-0.1, -0.05) is 24.3 Å². The summed E-state index contributed by atoms with van der Waals surface area (Å²) < 4.78 is 10.9. The molecule has 0 bridgehead atoms. The van der Waals surface area contributed by atoms with Gasteiger partial charge in [0.25, 0.3) is 0 Å². The number of rotatable bonds is 3. The van der Waals surface area contributed by atoms with Crippen molar-refractivity contribution < 1.29 is 9.47 Å². The summed E-state index contributed by atoms with van der Waals surface area (Å²) >= 11 is 0. The Bertz CT molecular complexity index is 895. The van der Waals surface area contributed by atoms with E-state index in [1.54, 1.807) is 20.5 Å². The Morgan fingerprint density at radius 1 is 0.958 bits per heavy atom. The summed E-state index contributed by atoms with van der Waals surface area (Å²) in [4.78, 5) is 11.3. The molecule has 0 saturated heterocycles. The summed E-state index contributed by atoms with van der Waals surface area (Å²) in [6, 6.07) is 12.5. The lowest BCUT2D eigenvalue weighted by molar-refractivity contribution is 0.358. The zero-order valence-electron chi connectivity index (χ0n) is 13.8. The number of methoxy groups -OCH3 is 2. The van der Waals surface area contributed by atoms with Crippen molar-refractivity contribution in [2.45, 2.75) is 13.0 Å². The van der Waals surface area contributed by atoms with Crippen LogP contribution in [-0.4, -0.2) is 30.7 Å². The highest BCUT2D eigenvalue weighted by atomic mass is 16.5. The molecular formula is C19H19N3O2. The summed E-state index contributed by atoms with van der Waals surface area (Å²) in [5.41, 5.74) is 3.56. The highest BCUT2D eigenvalue weighted by Crippen LogP contribution is 2.37. The first-order valence-corrected chi connectivity index (χ1v) is 7.99. The minimum Gasteiger partial charge on any atom is -0.493 e. The van der Waals surface area contributed by atoms with Crippen molar-refractivity contribution in [1.29, 1.82) is 0 Å². The third-order valence-corrected chi connectivity index (χ3v) is 4.56. The van der Waals surface area contributed by atoms with Crippen LogP contribution in [0.5, 0.6) is 11.5 Å². The second kappa shape index (κ2) is 6.00. The predicted molar refractivity (Wildman–Crippen MR) is 93.8 cm³/mol. The van der Waals surface area contributed by atoms with Crippen LogP contribution in [0.4, 0.5) is 5.82 Å². The van der Waals surface area contributed by atoms with Gasteiger partial charge >= 0.3 is 0 Å². The van der Waals surface area contributed by atoms with Gasteiger partial charge in [-0.05, 0) is 29.7 Å². The van der Waals surface area contributed by atoms with Crippen LogP contribution >= 0.6 is 0 Å². The Morgan fingerprint density at radius 2 is 1.79 bits per heavy atom. The molecule has 2 heterocycles. The molecule has 0 amide bonds. The van der Waals surface area contributed by atoms with Crippen LogP contribution in [-0.2, 0) is 13.0 Å².